The number of carbonyl (C=O) groups is 1. The minimum Gasteiger partial charge on any atom is -0.479 e. The van der Waals surface area contributed by atoms with Crippen molar-refractivity contribution in [3.05, 3.63) is 77.6 Å². The number of sulfone groups is 1. The molecule has 5 rings (SSSR count). The first-order chi connectivity index (χ1) is 16.0. The second-order valence-electron chi connectivity index (χ2n) is 10.2. The molecule has 0 aliphatic carbocycles. The fourth-order valence-corrected chi connectivity index (χ4v) is 6.15. The number of aromatic nitrogens is 1. The van der Waals surface area contributed by atoms with Crippen molar-refractivity contribution in [2.75, 3.05) is 13.1 Å². The average molecular weight is 479 g/mol. The van der Waals surface area contributed by atoms with Gasteiger partial charge in [-0.1, -0.05) is 12.1 Å². The summed E-state index contributed by atoms with van der Waals surface area (Å²) >= 11 is 0. The number of amides is 1. The van der Waals surface area contributed by atoms with E-state index in [0.717, 1.165) is 22.8 Å². The smallest absolute Gasteiger partial charge is 0.253 e. The molecular weight excluding hydrogens is 448 g/mol. The summed E-state index contributed by atoms with van der Waals surface area (Å²) < 4.78 is 33.3. The standard InChI is InChI=1S/C27H30N2O4S/c1-19-9-14-24-27(33-23-8-6-5-7-22(23)29(19)24)15-17-28(18-16-27)25(30)20-10-12-21(13-11-20)34(31,32)26(2,3)4/h5-14H,15-18H2,1-4H3. The molecular formula is C27H30N2O4S. The number of benzene rings is 2. The summed E-state index contributed by atoms with van der Waals surface area (Å²) in [6.45, 7) is 8.25. The van der Waals surface area contributed by atoms with Gasteiger partial charge in [-0.2, -0.15) is 0 Å². The first-order valence-electron chi connectivity index (χ1n) is 11.6. The summed E-state index contributed by atoms with van der Waals surface area (Å²) in [5.41, 5.74) is 3.37. The normalized spacial score (nSPS) is 17.1. The van der Waals surface area contributed by atoms with Gasteiger partial charge in [-0.05, 0) is 76.2 Å². The molecule has 0 atom stereocenters. The second-order valence-corrected chi connectivity index (χ2v) is 12.9. The van der Waals surface area contributed by atoms with Gasteiger partial charge in [-0.3, -0.25) is 4.79 Å². The van der Waals surface area contributed by atoms with E-state index in [2.05, 4.69) is 29.7 Å². The van der Waals surface area contributed by atoms with Crippen molar-refractivity contribution in [1.29, 1.82) is 0 Å². The number of fused-ring (bicyclic) bond motifs is 4. The zero-order valence-electron chi connectivity index (χ0n) is 20.0. The van der Waals surface area contributed by atoms with Crippen LogP contribution in [-0.4, -0.2) is 41.6 Å². The van der Waals surface area contributed by atoms with Gasteiger partial charge in [0.2, 0.25) is 0 Å². The lowest BCUT2D eigenvalue weighted by atomic mass is 9.86. The largest absolute Gasteiger partial charge is 0.479 e. The Bertz CT molecular complexity index is 1360. The van der Waals surface area contributed by atoms with Crippen LogP contribution >= 0.6 is 0 Å². The second kappa shape index (κ2) is 7.73. The molecule has 34 heavy (non-hydrogen) atoms. The monoisotopic (exact) mass is 478 g/mol. The van der Waals surface area contributed by atoms with E-state index in [-0.39, 0.29) is 10.8 Å². The molecule has 0 unspecified atom stereocenters. The first kappa shape index (κ1) is 22.7. The molecule has 0 bridgehead atoms. The van der Waals surface area contributed by atoms with Crippen LogP contribution in [0, 0.1) is 6.92 Å². The van der Waals surface area contributed by atoms with Crippen LogP contribution in [0.3, 0.4) is 0 Å². The molecule has 0 radical (unpaired) electrons. The van der Waals surface area contributed by atoms with Crippen molar-refractivity contribution in [1.82, 2.24) is 9.47 Å². The number of hydrogen-bond acceptors (Lipinski definition) is 4. The molecule has 2 aliphatic rings. The van der Waals surface area contributed by atoms with E-state index in [4.69, 9.17) is 4.74 Å². The summed E-state index contributed by atoms with van der Waals surface area (Å²) in [6.07, 6.45) is 1.38. The van der Waals surface area contributed by atoms with E-state index in [0.29, 0.717) is 31.5 Å². The topological polar surface area (TPSA) is 68.6 Å². The fraction of sp³-hybridized carbons (Fsp3) is 0.370. The Morgan fingerprint density at radius 1 is 0.941 bits per heavy atom. The van der Waals surface area contributed by atoms with Crippen molar-refractivity contribution >= 4 is 15.7 Å². The number of likely N-dealkylation sites (tertiary alicyclic amines) is 1. The van der Waals surface area contributed by atoms with Gasteiger partial charge < -0.3 is 14.2 Å². The molecule has 0 saturated carbocycles. The summed E-state index contributed by atoms with van der Waals surface area (Å²) in [5, 5.41) is 0. The van der Waals surface area contributed by atoms with Crippen LogP contribution in [0.2, 0.25) is 0 Å². The Hall–Kier alpha value is -3.06. The van der Waals surface area contributed by atoms with Crippen LogP contribution in [0.15, 0.2) is 65.6 Å². The summed E-state index contributed by atoms with van der Waals surface area (Å²) in [4.78, 5) is 15.3. The van der Waals surface area contributed by atoms with Gasteiger partial charge >= 0.3 is 0 Å². The molecule has 2 aliphatic heterocycles. The Balaban J connectivity index is 1.36. The minimum atomic E-state index is -3.46. The zero-order valence-corrected chi connectivity index (χ0v) is 20.9. The highest BCUT2D eigenvalue weighted by Crippen LogP contribution is 2.45. The quantitative estimate of drug-likeness (QED) is 0.526. The summed E-state index contributed by atoms with van der Waals surface area (Å²) in [7, 11) is -3.46. The molecule has 3 heterocycles. The predicted octanol–water partition coefficient (Wildman–Crippen LogP) is 4.88. The molecule has 1 aromatic heterocycles. The van der Waals surface area contributed by atoms with Crippen LogP contribution in [0.1, 0.15) is 55.4 Å². The molecule has 1 saturated heterocycles. The molecule has 7 heteroatoms. The number of rotatable bonds is 2. The number of hydrogen-bond donors (Lipinski definition) is 0. The molecule has 0 N–H and O–H groups in total. The van der Waals surface area contributed by atoms with E-state index in [1.807, 2.05) is 23.1 Å². The molecule has 1 amide bonds. The molecule has 3 aromatic rings. The van der Waals surface area contributed by atoms with Crippen LogP contribution in [0.25, 0.3) is 5.69 Å². The fourth-order valence-electron chi connectivity index (χ4n) is 4.95. The minimum absolute atomic E-state index is 0.0858. The molecule has 1 fully saturated rings. The van der Waals surface area contributed by atoms with Crippen molar-refractivity contribution < 1.29 is 17.9 Å². The van der Waals surface area contributed by atoms with Gasteiger partial charge in [-0.15, -0.1) is 0 Å². The number of carbonyl (C=O) groups excluding carboxylic acids is 1. The van der Waals surface area contributed by atoms with Gasteiger partial charge in [0.1, 0.15) is 5.75 Å². The third-order valence-electron chi connectivity index (χ3n) is 7.03. The third-order valence-corrected chi connectivity index (χ3v) is 9.54. The SMILES string of the molecule is Cc1ccc2n1-c1ccccc1OC21CCN(C(=O)c2ccc(S(=O)(=O)C(C)(C)C)cc2)CC1. The van der Waals surface area contributed by atoms with E-state index in [9.17, 15) is 13.2 Å². The van der Waals surface area contributed by atoms with Crippen LogP contribution in [0.4, 0.5) is 0 Å². The van der Waals surface area contributed by atoms with Crippen LogP contribution in [0.5, 0.6) is 5.75 Å². The van der Waals surface area contributed by atoms with Crippen molar-refractivity contribution in [3.8, 4) is 11.4 Å². The van der Waals surface area contributed by atoms with Gasteiger partial charge in [0.05, 0.1) is 21.0 Å². The van der Waals surface area contributed by atoms with E-state index in [1.54, 1.807) is 32.9 Å². The Labute approximate surface area is 201 Å². The Morgan fingerprint density at radius 3 is 2.24 bits per heavy atom. The van der Waals surface area contributed by atoms with Gasteiger partial charge in [-0.25, -0.2) is 8.42 Å². The van der Waals surface area contributed by atoms with Crippen LogP contribution in [-0.2, 0) is 15.4 Å². The number of aryl methyl sites for hydroxylation is 1. The lowest BCUT2D eigenvalue weighted by molar-refractivity contribution is -0.00946. The number of ether oxygens (including phenoxy) is 1. The van der Waals surface area contributed by atoms with Gasteiger partial charge in [0.15, 0.2) is 15.4 Å². The maximum absolute atomic E-state index is 13.2. The van der Waals surface area contributed by atoms with Crippen molar-refractivity contribution in [2.24, 2.45) is 0 Å². The van der Waals surface area contributed by atoms with Crippen molar-refractivity contribution in [2.45, 2.75) is 55.8 Å². The van der Waals surface area contributed by atoms with Gasteiger partial charge in [0.25, 0.3) is 5.91 Å². The molecule has 6 nitrogen and oxygen atoms in total. The maximum Gasteiger partial charge on any atom is 0.253 e. The molecule has 178 valence electrons. The highest BCUT2D eigenvalue weighted by molar-refractivity contribution is 7.92. The lowest BCUT2D eigenvalue weighted by Gasteiger charge is -2.45. The Morgan fingerprint density at radius 2 is 1.59 bits per heavy atom. The van der Waals surface area contributed by atoms with Gasteiger partial charge in [0, 0.05) is 37.2 Å². The predicted molar refractivity (Wildman–Crippen MR) is 131 cm³/mol. The highest BCUT2D eigenvalue weighted by Gasteiger charge is 2.45. The molecule has 1 spiro atoms. The number of para-hydroxylation sites is 2. The lowest BCUT2D eigenvalue weighted by Crippen LogP contribution is -2.50. The highest BCUT2D eigenvalue weighted by atomic mass is 32.2. The number of nitrogens with zero attached hydrogens (tertiary/aromatic N) is 2. The first-order valence-corrected chi connectivity index (χ1v) is 13.1. The summed E-state index contributed by atoms with van der Waals surface area (Å²) in [6, 6.07) is 18.6. The third kappa shape index (κ3) is 3.45. The van der Waals surface area contributed by atoms with E-state index < -0.39 is 20.2 Å². The summed E-state index contributed by atoms with van der Waals surface area (Å²) in [5.74, 6) is 0.780. The van der Waals surface area contributed by atoms with Crippen molar-refractivity contribution in [3.63, 3.8) is 0 Å². The van der Waals surface area contributed by atoms with Crippen LogP contribution < -0.4 is 4.74 Å². The number of piperidine rings is 1. The maximum atomic E-state index is 13.2. The average Bonchev–Trinajstić information content (AvgIpc) is 3.21. The van der Waals surface area contributed by atoms with E-state index in [1.165, 1.54) is 12.1 Å². The Kier molecular flexibility index (Phi) is 5.17. The van der Waals surface area contributed by atoms with E-state index >= 15 is 0 Å². The zero-order chi connectivity index (χ0) is 24.3. The molecule has 2 aromatic carbocycles.